The molecule has 0 aliphatic heterocycles. The molecule has 2 aromatic heterocycles. The topological polar surface area (TPSA) is 89.2 Å². The molecule has 0 spiro atoms. The van der Waals surface area contributed by atoms with Crippen LogP contribution in [-0.4, -0.2) is 34.6 Å². The smallest absolute Gasteiger partial charge is 0.217 e. The van der Waals surface area contributed by atoms with Crippen molar-refractivity contribution in [3.63, 3.8) is 0 Å². The molecule has 180 valence electrons. The minimum atomic E-state index is 0.476. The fourth-order valence-corrected chi connectivity index (χ4v) is 3.63. The van der Waals surface area contributed by atoms with Crippen molar-refractivity contribution >= 4 is 29.0 Å². The molecule has 3 rings (SSSR count). The van der Waals surface area contributed by atoms with Crippen LogP contribution < -0.4 is 20.7 Å². The van der Waals surface area contributed by atoms with E-state index in [9.17, 15) is 0 Å². The lowest BCUT2D eigenvalue weighted by molar-refractivity contribution is 0.308. The predicted octanol–water partition coefficient (Wildman–Crippen LogP) is 5.87. The van der Waals surface area contributed by atoms with E-state index in [0.717, 1.165) is 66.5 Å². The Balaban J connectivity index is 1.85. The van der Waals surface area contributed by atoms with Gasteiger partial charge in [0.15, 0.2) is 0 Å². The summed E-state index contributed by atoms with van der Waals surface area (Å²) in [6.45, 7) is 8.93. The molecule has 3 aromatic rings. The molecule has 0 fully saturated rings. The second kappa shape index (κ2) is 13.2. The second-order valence-electron chi connectivity index (χ2n) is 8.11. The van der Waals surface area contributed by atoms with E-state index >= 15 is 0 Å². The van der Waals surface area contributed by atoms with Crippen LogP contribution >= 0.6 is 0 Å². The van der Waals surface area contributed by atoms with Crippen molar-refractivity contribution < 1.29 is 4.74 Å². The average Bonchev–Trinajstić information content (AvgIpc) is 2.85. The first kappa shape index (κ1) is 25.0. The molecule has 7 nitrogen and oxygen atoms in total. The van der Waals surface area contributed by atoms with Crippen molar-refractivity contribution in [1.29, 1.82) is 0 Å². The Morgan fingerprint density at radius 3 is 2.59 bits per heavy atom. The molecule has 0 bridgehead atoms. The Morgan fingerprint density at radius 1 is 1.06 bits per heavy atom. The average molecular weight is 461 g/mol. The van der Waals surface area contributed by atoms with Crippen LogP contribution in [0.1, 0.15) is 51.3 Å². The van der Waals surface area contributed by atoms with Crippen molar-refractivity contribution in [2.45, 2.75) is 46.5 Å². The van der Waals surface area contributed by atoms with Gasteiger partial charge in [0.2, 0.25) is 5.88 Å². The van der Waals surface area contributed by atoms with Crippen LogP contribution in [0.15, 0.2) is 55.0 Å². The number of allylic oxidation sites excluding steroid dienone is 1. The minimum Gasteiger partial charge on any atom is -0.477 e. The van der Waals surface area contributed by atoms with Crippen LogP contribution in [0.2, 0.25) is 0 Å². The number of rotatable bonds is 13. The number of pyridine rings is 1. The Hall–Kier alpha value is -3.61. The Labute approximate surface area is 203 Å². The molecular formula is C27H36N6O. The van der Waals surface area contributed by atoms with E-state index in [0.29, 0.717) is 18.9 Å². The van der Waals surface area contributed by atoms with Crippen molar-refractivity contribution in [3.05, 3.63) is 66.3 Å². The number of nitrogens with two attached hydrogens (primary N) is 1. The number of anilines is 4. The van der Waals surface area contributed by atoms with Crippen LogP contribution in [-0.2, 0) is 6.42 Å². The zero-order valence-electron chi connectivity index (χ0n) is 20.5. The van der Waals surface area contributed by atoms with E-state index < -0.39 is 0 Å². The standard InChI is InChI=1S/C27H36N6O/c1-4-7-8-21-17-22(9-10-25(21)28)31-26-18-24(33(14-5-2)15-6-3)19-27(32-26)34-16-11-23-20-29-12-13-30-23/h7-10,12-13,17-20H,4-6,11,14-16,28H2,1-3H3,(H,31,32)/b8-7+. The highest BCUT2D eigenvalue weighted by molar-refractivity contribution is 5.72. The van der Waals surface area contributed by atoms with E-state index in [1.807, 2.05) is 24.3 Å². The quantitative estimate of drug-likeness (QED) is 0.308. The maximum atomic E-state index is 6.15. The van der Waals surface area contributed by atoms with Gasteiger partial charge in [-0.05, 0) is 43.0 Å². The molecule has 0 aliphatic rings. The number of ether oxygens (including phenoxy) is 1. The molecule has 0 saturated carbocycles. The maximum Gasteiger partial charge on any atom is 0.217 e. The predicted molar refractivity (Wildman–Crippen MR) is 142 cm³/mol. The summed E-state index contributed by atoms with van der Waals surface area (Å²) < 4.78 is 6.05. The highest BCUT2D eigenvalue weighted by Crippen LogP contribution is 2.28. The molecule has 3 N–H and O–H groups in total. The molecule has 2 heterocycles. The van der Waals surface area contributed by atoms with E-state index in [-0.39, 0.29) is 0 Å². The Bertz CT molecular complexity index is 1050. The first-order chi connectivity index (χ1) is 16.6. The monoisotopic (exact) mass is 460 g/mol. The summed E-state index contributed by atoms with van der Waals surface area (Å²) in [6.07, 6.45) is 13.0. The largest absolute Gasteiger partial charge is 0.477 e. The van der Waals surface area contributed by atoms with Gasteiger partial charge in [-0.3, -0.25) is 9.97 Å². The zero-order chi connectivity index (χ0) is 24.2. The lowest BCUT2D eigenvalue weighted by atomic mass is 10.1. The number of hydrogen-bond acceptors (Lipinski definition) is 7. The number of nitrogens with one attached hydrogen (secondary N) is 1. The van der Waals surface area contributed by atoms with Gasteiger partial charge in [-0.1, -0.05) is 32.9 Å². The van der Waals surface area contributed by atoms with Gasteiger partial charge < -0.3 is 20.7 Å². The Morgan fingerprint density at radius 2 is 1.88 bits per heavy atom. The summed E-state index contributed by atoms with van der Waals surface area (Å²) in [6, 6.07) is 10.0. The highest BCUT2D eigenvalue weighted by Gasteiger charge is 2.11. The van der Waals surface area contributed by atoms with Crippen LogP contribution in [0.3, 0.4) is 0 Å². The first-order valence-electron chi connectivity index (χ1n) is 12.1. The van der Waals surface area contributed by atoms with Gasteiger partial charge in [0, 0.05) is 67.3 Å². The van der Waals surface area contributed by atoms with E-state index in [4.69, 9.17) is 15.5 Å². The molecule has 0 aliphatic carbocycles. The van der Waals surface area contributed by atoms with Crippen molar-refractivity contribution in [2.75, 3.05) is 35.6 Å². The molecule has 7 heteroatoms. The summed E-state index contributed by atoms with van der Waals surface area (Å²) >= 11 is 0. The fourth-order valence-electron chi connectivity index (χ4n) is 3.63. The molecule has 0 saturated heterocycles. The third-order valence-electron chi connectivity index (χ3n) is 5.26. The molecule has 0 atom stereocenters. The highest BCUT2D eigenvalue weighted by atomic mass is 16.5. The third-order valence-corrected chi connectivity index (χ3v) is 5.26. The third kappa shape index (κ3) is 7.47. The Kier molecular flexibility index (Phi) is 9.70. The number of nitrogens with zero attached hydrogens (tertiary/aromatic N) is 4. The number of nitrogen functional groups attached to an aromatic ring is 1. The fraction of sp³-hybridized carbons (Fsp3) is 0.370. The van der Waals surface area contributed by atoms with Crippen LogP contribution in [0.25, 0.3) is 6.08 Å². The van der Waals surface area contributed by atoms with Gasteiger partial charge in [0.25, 0.3) is 0 Å². The van der Waals surface area contributed by atoms with Crippen molar-refractivity contribution in [2.24, 2.45) is 0 Å². The van der Waals surface area contributed by atoms with E-state index in [1.54, 1.807) is 18.6 Å². The molecule has 0 radical (unpaired) electrons. The van der Waals surface area contributed by atoms with Crippen LogP contribution in [0.5, 0.6) is 5.88 Å². The van der Waals surface area contributed by atoms with Crippen LogP contribution in [0.4, 0.5) is 22.9 Å². The number of hydrogen-bond donors (Lipinski definition) is 2. The minimum absolute atomic E-state index is 0.476. The second-order valence-corrected chi connectivity index (χ2v) is 8.11. The lowest BCUT2D eigenvalue weighted by Crippen LogP contribution is -2.25. The summed E-state index contributed by atoms with van der Waals surface area (Å²) in [5.41, 5.74) is 10.8. The SMILES string of the molecule is CC/C=C/c1cc(Nc2cc(N(CCC)CCC)cc(OCCc3cnccn3)n2)ccc1N. The zero-order valence-corrected chi connectivity index (χ0v) is 20.5. The first-order valence-corrected chi connectivity index (χ1v) is 12.1. The normalized spacial score (nSPS) is 11.0. The van der Waals surface area contributed by atoms with Gasteiger partial charge in [-0.2, -0.15) is 4.98 Å². The molecule has 1 aromatic carbocycles. The molecule has 0 unspecified atom stereocenters. The van der Waals surface area contributed by atoms with Gasteiger partial charge >= 0.3 is 0 Å². The number of benzene rings is 1. The van der Waals surface area contributed by atoms with Gasteiger partial charge in [-0.25, -0.2) is 0 Å². The van der Waals surface area contributed by atoms with Gasteiger partial charge in [0.05, 0.1) is 12.3 Å². The summed E-state index contributed by atoms with van der Waals surface area (Å²) in [7, 11) is 0. The van der Waals surface area contributed by atoms with Gasteiger partial charge in [0.1, 0.15) is 5.82 Å². The molecule has 0 amide bonds. The lowest BCUT2D eigenvalue weighted by Gasteiger charge is -2.25. The summed E-state index contributed by atoms with van der Waals surface area (Å²) in [4.78, 5) is 15.5. The summed E-state index contributed by atoms with van der Waals surface area (Å²) in [5, 5.41) is 3.45. The van der Waals surface area contributed by atoms with Crippen LogP contribution in [0, 0.1) is 0 Å². The van der Waals surface area contributed by atoms with Crippen molar-refractivity contribution in [1.82, 2.24) is 15.0 Å². The van der Waals surface area contributed by atoms with E-state index in [2.05, 4.69) is 59.2 Å². The van der Waals surface area contributed by atoms with Crippen molar-refractivity contribution in [3.8, 4) is 5.88 Å². The van der Waals surface area contributed by atoms with Gasteiger partial charge in [-0.15, -0.1) is 0 Å². The maximum absolute atomic E-state index is 6.15. The summed E-state index contributed by atoms with van der Waals surface area (Å²) in [5.74, 6) is 1.32. The van der Waals surface area contributed by atoms with E-state index in [1.165, 1.54) is 0 Å². The number of aromatic nitrogens is 3. The molecular weight excluding hydrogens is 424 g/mol. The molecule has 34 heavy (non-hydrogen) atoms.